The molecule has 2 N–H and O–H groups in total. The molecular formula is C34H56N2O7. The molecule has 0 heterocycles. The highest BCUT2D eigenvalue weighted by Crippen LogP contribution is 2.40. The third-order valence-corrected chi connectivity index (χ3v) is 8.10. The molecule has 244 valence electrons. The van der Waals surface area contributed by atoms with Gasteiger partial charge in [-0.25, -0.2) is 0 Å². The van der Waals surface area contributed by atoms with Crippen molar-refractivity contribution in [2.24, 2.45) is 22.7 Å². The Morgan fingerprint density at radius 3 is 2.09 bits per heavy atom. The topological polar surface area (TPSA) is 126 Å². The molecule has 0 aliphatic rings. The molecular weight excluding hydrogens is 548 g/mol. The molecule has 1 aromatic rings. The molecule has 0 aliphatic heterocycles. The van der Waals surface area contributed by atoms with E-state index in [2.05, 4.69) is 0 Å². The van der Waals surface area contributed by atoms with Crippen LogP contribution in [0.1, 0.15) is 91.0 Å². The van der Waals surface area contributed by atoms with E-state index in [4.69, 9.17) is 19.6 Å². The lowest BCUT2D eigenvalue weighted by molar-refractivity contribution is -0.155. The zero-order valence-electron chi connectivity index (χ0n) is 27.5. The molecule has 0 saturated heterocycles. The van der Waals surface area contributed by atoms with Crippen LogP contribution in [0.2, 0.25) is 0 Å². The predicted molar refractivity (Wildman–Crippen MR) is 169 cm³/mol. The first-order valence-corrected chi connectivity index (χ1v) is 15.6. The number of hydrogen-bond donors (Lipinski definition) is 2. The maximum absolute atomic E-state index is 13.5. The summed E-state index contributed by atoms with van der Waals surface area (Å²) in [5, 5.41) is 17.4. The van der Waals surface area contributed by atoms with Crippen molar-refractivity contribution >= 4 is 24.1 Å². The quantitative estimate of drug-likeness (QED) is 0.0754. The highest BCUT2D eigenvalue weighted by Gasteiger charge is 2.38. The van der Waals surface area contributed by atoms with Gasteiger partial charge >= 0.3 is 17.9 Å². The summed E-state index contributed by atoms with van der Waals surface area (Å²) in [7, 11) is 3.83. The minimum Gasteiger partial charge on any atom is -0.465 e. The smallest absolute Gasteiger partial charge is 0.311 e. The van der Waals surface area contributed by atoms with Crippen LogP contribution in [0.3, 0.4) is 0 Å². The molecule has 4 atom stereocenters. The molecule has 0 aliphatic carbocycles. The Morgan fingerprint density at radius 2 is 1.53 bits per heavy atom. The van der Waals surface area contributed by atoms with Gasteiger partial charge in [0.2, 0.25) is 0 Å². The van der Waals surface area contributed by atoms with Crippen molar-refractivity contribution in [3.63, 3.8) is 0 Å². The van der Waals surface area contributed by atoms with E-state index in [0.717, 1.165) is 18.4 Å². The van der Waals surface area contributed by atoms with E-state index in [1.54, 1.807) is 0 Å². The number of esters is 3. The molecule has 9 heteroatoms. The maximum Gasteiger partial charge on any atom is 0.311 e. The summed E-state index contributed by atoms with van der Waals surface area (Å²) < 4.78 is 16.6. The van der Waals surface area contributed by atoms with Crippen molar-refractivity contribution in [3.8, 4) is 0 Å². The number of carbonyl (C=O) groups excluding carboxylic acids is 3. The first kappa shape index (κ1) is 38.2. The SMILES string of the molecule is CCCCOC(=O)C(CC(CC(CC(C)(C)C(=O)OCCN(C)C)c1ccccc1)C(=O)OCCO)CC(C)(C=N)CC. The minimum absolute atomic E-state index is 0.145. The van der Waals surface area contributed by atoms with Crippen LogP contribution in [0.25, 0.3) is 0 Å². The summed E-state index contributed by atoms with van der Waals surface area (Å²) in [5.74, 6) is -2.74. The van der Waals surface area contributed by atoms with Gasteiger partial charge in [-0.2, -0.15) is 0 Å². The highest BCUT2D eigenvalue weighted by molar-refractivity contribution is 5.77. The number of nitrogens with zero attached hydrogens (tertiary/aromatic N) is 1. The van der Waals surface area contributed by atoms with Gasteiger partial charge in [0.05, 0.1) is 30.5 Å². The normalized spacial score (nSPS) is 15.2. The summed E-state index contributed by atoms with van der Waals surface area (Å²) in [5.41, 5.74) is -0.409. The van der Waals surface area contributed by atoms with Gasteiger partial charge in [-0.3, -0.25) is 14.4 Å². The van der Waals surface area contributed by atoms with Crippen LogP contribution in [0.15, 0.2) is 30.3 Å². The van der Waals surface area contributed by atoms with Crippen LogP contribution in [-0.2, 0) is 28.6 Å². The van der Waals surface area contributed by atoms with Crippen LogP contribution in [0.4, 0.5) is 0 Å². The standard InChI is InChI=1S/C34H56N2O7/c1-8-10-18-41-31(39)29(24-34(5,9-2)25-35)22-27(30(38)42-20-17-37)21-28(26-14-12-11-13-15-26)23-33(3,4)32(40)43-19-16-36(6)7/h11-15,25,27-29,35,37H,8-10,16-24H2,1-7H3. The molecule has 0 spiro atoms. The summed E-state index contributed by atoms with van der Waals surface area (Å²) in [4.78, 5) is 41.9. The van der Waals surface area contributed by atoms with Crippen LogP contribution < -0.4 is 0 Å². The van der Waals surface area contributed by atoms with E-state index >= 15 is 0 Å². The Hall–Kier alpha value is -2.78. The Labute approximate surface area is 259 Å². The van der Waals surface area contributed by atoms with Gasteiger partial charge < -0.3 is 29.6 Å². The largest absolute Gasteiger partial charge is 0.465 e. The van der Waals surface area contributed by atoms with Gasteiger partial charge in [0, 0.05) is 18.2 Å². The van der Waals surface area contributed by atoms with Crippen LogP contribution >= 0.6 is 0 Å². The van der Waals surface area contributed by atoms with E-state index in [-0.39, 0.29) is 44.1 Å². The van der Waals surface area contributed by atoms with Crippen molar-refractivity contribution < 1.29 is 33.7 Å². The van der Waals surface area contributed by atoms with E-state index in [1.807, 2.05) is 83.9 Å². The molecule has 9 nitrogen and oxygen atoms in total. The molecule has 1 aromatic carbocycles. The van der Waals surface area contributed by atoms with E-state index < -0.39 is 28.6 Å². The average Bonchev–Trinajstić information content (AvgIpc) is 2.98. The summed E-state index contributed by atoms with van der Waals surface area (Å²) in [6.07, 6.45) is 4.94. The fourth-order valence-electron chi connectivity index (χ4n) is 5.08. The predicted octanol–water partition coefficient (Wildman–Crippen LogP) is 5.64. The number of unbranched alkanes of at least 4 members (excludes halogenated alkanes) is 1. The Kier molecular flexibility index (Phi) is 17.3. The first-order valence-electron chi connectivity index (χ1n) is 15.6. The number of ether oxygens (including phenoxy) is 3. The summed E-state index contributed by atoms with van der Waals surface area (Å²) >= 11 is 0. The molecule has 0 saturated carbocycles. The van der Waals surface area contributed by atoms with Gasteiger partial charge in [-0.15, -0.1) is 0 Å². The average molecular weight is 605 g/mol. The van der Waals surface area contributed by atoms with Gasteiger partial charge in [0.1, 0.15) is 13.2 Å². The van der Waals surface area contributed by atoms with Gasteiger partial charge in [-0.05, 0) is 77.9 Å². The molecule has 1 rings (SSSR count). The fraction of sp³-hybridized carbons (Fsp3) is 0.706. The lowest BCUT2D eigenvalue weighted by atomic mass is 9.73. The number of carbonyl (C=O) groups is 3. The van der Waals surface area contributed by atoms with E-state index in [1.165, 1.54) is 6.21 Å². The number of aliphatic hydroxyl groups is 1. The maximum atomic E-state index is 13.5. The second kappa shape index (κ2) is 19.5. The monoisotopic (exact) mass is 604 g/mol. The second-order valence-electron chi connectivity index (χ2n) is 12.8. The van der Waals surface area contributed by atoms with Crippen LogP contribution in [-0.4, -0.2) is 81.2 Å². The number of aliphatic hydroxyl groups excluding tert-OH is 1. The van der Waals surface area contributed by atoms with Crippen LogP contribution in [0.5, 0.6) is 0 Å². The molecule has 0 amide bonds. The van der Waals surface area contributed by atoms with Gasteiger partial charge in [0.15, 0.2) is 0 Å². The van der Waals surface area contributed by atoms with Gasteiger partial charge in [0.25, 0.3) is 0 Å². The Bertz CT molecular complexity index is 982. The van der Waals surface area contributed by atoms with Crippen molar-refractivity contribution in [3.05, 3.63) is 35.9 Å². The number of likely N-dealkylation sites (N-methyl/N-ethyl adjacent to an activating group) is 1. The third kappa shape index (κ3) is 14.0. The zero-order valence-corrected chi connectivity index (χ0v) is 27.5. The molecule has 4 unspecified atom stereocenters. The van der Waals surface area contributed by atoms with Crippen molar-refractivity contribution in [1.29, 1.82) is 5.41 Å². The lowest BCUT2D eigenvalue weighted by Crippen LogP contribution is -2.34. The minimum atomic E-state index is -0.841. The number of hydrogen-bond acceptors (Lipinski definition) is 9. The molecule has 0 bridgehead atoms. The van der Waals surface area contributed by atoms with E-state index in [0.29, 0.717) is 38.8 Å². The molecule has 0 fully saturated rings. The number of rotatable bonds is 22. The van der Waals surface area contributed by atoms with Crippen molar-refractivity contribution in [1.82, 2.24) is 4.90 Å². The fourth-order valence-corrected chi connectivity index (χ4v) is 5.08. The highest BCUT2D eigenvalue weighted by atomic mass is 16.5. The Balaban J connectivity index is 3.41. The third-order valence-electron chi connectivity index (χ3n) is 8.10. The zero-order chi connectivity index (χ0) is 32.5. The molecule has 0 aromatic heterocycles. The Morgan fingerprint density at radius 1 is 0.907 bits per heavy atom. The lowest BCUT2D eigenvalue weighted by Gasteiger charge is -2.32. The van der Waals surface area contributed by atoms with Gasteiger partial charge in [-0.1, -0.05) is 57.5 Å². The second-order valence-corrected chi connectivity index (χ2v) is 12.8. The summed E-state index contributed by atoms with van der Waals surface area (Å²) in [6.45, 7) is 10.4. The summed E-state index contributed by atoms with van der Waals surface area (Å²) in [6, 6.07) is 9.73. The number of benzene rings is 1. The van der Waals surface area contributed by atoms with Crippen LogP contribution in [0, 0.1) is 28.1 Å². The van der Waals surface area contributed by atoms with E-state index in [9.17, 15) is 19.5 Å². The molecule has 43 heavy (non-hydrogen) atoms. The van der Waals surface area contributed by atoms with Crippen molar-refractivity contribution in [2.45, 2.75) is 85.5 Å². The molecule has 0 radical (unpaired) electrons. The first-order chi connectivity index (χ1) is 20.3. The number of nitrogens with one attached hydrogen (secondary N) is 1. The van der Waals surface area contributed by atoms with Crippen molar-refractivity contribution in [2.75, 3.05) is 47.1 Å².